The maximum Gasteiger partial charge on any atom is 0.391 e. The molecule has 0 spiro atoms. The first-order chi connectivity index (χ1) is 14.4. The summed E-state index contributed by atoms with van der Waals surface area (Å²) in [5, 5.41) is 0. The summed E-state index contributed by atoms with van der Waals surface area (Å²) in [6.45, 7) is -0.254. The molecule has 11 heteroatoms. The van der Waals surface area contributed by atoms with Gasteiger partial charge in [-0.15, -0.1) is 0 Å². The van der Waals surface area contributed by atoms with Crippen LogP contribution < -0.4 is 5.73 Å². The topological polar surface area (TPSA) is 66.6 Å². The van der Waals surface area contributed by atoms with Crippen LogP contribution in [0.15, 0.2) is 18.2 Å². The van der Waals surface area contributed by atoms with Crippen LogP contribution in [0.1, 0.15) is 46.4 Å². The first-order valence-electron chi connectivity index (χ1n) is 9.99. The predicted octanol–water partition coefficient (Wildman–Crippen LogP) is 4.10. The lowest BCUT2D eigenvalue weighted by atomic mass is 9.95. The Balaban J connectivity index is 1.68. The number of rotatable bonds is 2. The van der Waals surface area contributed by atoms with Crippen molar-refractivity contribution in [3.8, 4) is 0 Å². The van der Waals surface area contributed by atoms with E-state index in [1.54, 1.807) is 0 Å². The highest BCUT2D eigenvalue weighted by Crippen LogP contribution is 2.35. The highest BCUT2D eigenvalue weighted by atomic mass is 19.4. The van der Waals surface area contributed by atoms with Crippen molar-refractivity contribution in [1.29, 1.82) is 0 Å². The number of nitrogen functional groups attached to an aromatic ring is 1. The van der Waals surface area contributed by atoms with Gasteiger partial charge < -0.3 is 15.5 Å². The monoisotopic (exact) mass is 451 g/mol. The Morgan fingerprint density at radius 2 is 1.03 bits per heavy atom. The molecular weight excluding hydrogens is 428 g/mol. The van der Waals surface area contributed by atoms with Crippen molar-refractivity contribution in [2.45, 2.75) is 38.0 Å². The summed E-state index contributed by atoms with van der Waals surface area (Å²) in [7, 11) is 0. The summed E-state index contributed by atoms with van der Waals surface area (Å²) in [6.07, 6.45) is -9.39. The molecule has 2 aliphatic rings. The Kier molecular flexibility index (Phi) is 6.43. The van der Waals surface area contributed by atoms with Gasteiger partial charge in [0.05, 0.1) is 11.8 Å². The van der Waals surface area contributed by atoms with Crippen molar-refractivity contribution in [3.63, 3.8) is 0 Å². The van der Waals surface area contributed by atoms with Gasteiger partial charge in [0.15, 0.2) is 0 Å². The molecule has 2 aliphatic heterocycles. The molecule has 2 fully saturated rings. The second kappa shape index (κ2) is 8.58. The molecular formula is C20H23F6N3O2. The van der Waals surface area contributed by atoms with Crippen LogP contribution in [-0.4, -0.2) is 60.1 Å². The van der Waals surface area contributed by atoms with Crippen LogP contribution in [0.3, 0.4) is 0 Å². The third kappa shape index (κ3) is 5.43. The Labute approximate surface area is 175 Å². The number of hydrogen-bond acceptors (Lipinski definition) is 3. The SMILES string of the molecule is Nc1cc(C(=O)N2CCC(C(F)(F)F)CC2)cc(C(=O)N2CCC(C(F)(F)F)CC2)c1. The molecule has 0 unspecified atom stereocenters. The van der Waals surface area contributed by atoms with Crippen LogP contribution in [0, 0.1) is 11.8 Å². The number of halogens is 6. The second-order valence-corrected chi connectivity index (χ2v) is 8.06. The molecule has 0 atom stereocenters. The van der Waals surface area contributed by atoms with Crippen LogP contribution in [0.2, 0.25) is 0 Å². The maximum atomic E-state index is 12.8. The lowest BCUT2D eigenvalue weighted by Gasteiger charge is -2.33. The number of benzene rings is 1. The summed E-state index contributed by atoms with van der Waals surface area (Å²) in [5.41, 5.74) is 6.07. The van der Waals surface area contributed by atoms with E-state index >= 15 is 0 Å². The summed E-state index contributed by atoms with van der Waals surface area (Å²) < 4.78 is 77.0. The molecule has 2 heterocycles. The molecule has 2 amide bonds. The number of alkyl halides is 6. The molecule has 5 nitrogen and oxygen atoms in total. The molecule has 0 saturated carbocycles. The molecule has 0 radical (unpaired) electrons. The molecule has 1 aromatic carbocycles. The highest BCUT2D eigenvalue weighted by molar-refractivity contribution is 6.01. The number of carbonyl (C=O) groups excluding carboxylic acids is 2. The first-order valence-corrected chi connectivity index (χ1v) is 9.99. The molecule has 1 aromatic rings. The Morgan fingerprint density at radius 1 is 0.710 bits per heavy atom. The van der Waals surface area contributed by atoms with E-state index in [-0.39, 0.29) is 68.7 Å². The standard InChI is InChI=1S/C20H23F6N3O2/c21-19(22,23)14-1-5-28(6-2-14)17(30)12-9-13(11-16(27)10-12)18(31)29-7-3-15(4-8-29)20(24,25)26/h9-11,14-15H,1-8,27H2. The van der Waals surface area contributed by atoms with Gasteiger partial charge in [0, 0.05) is 43.0 Å². The minimum absolute atomic E-state index is 0.0634. The average molecular weight is 451 g/mol. The van der Waals surface area contributed by atoms with Crippen molar-refractivity contribution >= 4 is 17.5 Å². The lowest BCUT2D eigenvalue weighted by molar-refractivity contribution is -0.184. The molecule has 31 heavy (non-hydrogen) atoms. The van der Waals surface area contributed by atoms with E-state index in [0.29, 0.717) is 0 Å². The van der Waals surface area contributed by atoms with E-state index in [1.165, 1.54) is 28.0 Å². The molecule has 172 valence electrons. The van der Waals surface area contributed by atoms with Crippen molar-refractivity contribution in [2.75, 3.05) is 31.9 Å². The zero-order valence-electron chi connectivity index (χ0n) is 16.6. The van der Waals surface area contributed by atoms with Gasteiger partial charge in [-0.05, 0) is 43.9 Å². The van der Waals surface area contributed by atoms with Crippen LogP contribution in [-0.2, 0) is 0 Å². The number of piperidine rings is 2. The minimum atomic E-state index is -4.30. The van der Waals surface area contributed by atoms with Crippen molar-refractivity contribution in [2.24, 2.45) is 11.8 Å². The minimum Gasteiger partial charge on any atom is -0.399 e. The fourth-order valence-electron chi connectivity index (χ4n) is 4.08. The van der Waals surface area contributed by atoms with Gasteiger partial charge in [-0.2, -0.15) is 26.3 Å². The Morgan fingerprint density at radius 3 is 1.32 bits per heavy atom. The molecule has 0 bridgehead atoms. The van der Waals surface area contributed by atoms with Crippen molar-refractivity contribution in [3.05, 3.63) is 29.3 Å². The fourth-order valence-corrected chi connectivity index (χ4v) is 4.08. The number of nitrogens with two attached hydrogens (primary N) is 1. The summed E-state index contributed by atoms with van der Waals surface area (Å²) in [6, 6.07) is 3.97. The number of anilines is 1. The average Bonchev–Trinajstić information content (AvgIpc) is 2.71. The Bertz CT molecular complexity index is 759. The zero-order valence-corrected chi connectivity index (χ0v) is 16.6. The van der Waals surface area contributed by atoms with E-state index in [4.69, 9.17) is 5.73 Å². The van der Waals surface area contributed by atoms with Gasteiger partial charge in [0.1, 0.15) is 0 Å². The highest BCUT2D eigenvalue weighted by Gasteiger charge is 2.43. The normalized spacial score (nSPS) is 19.5. The van der Waals surface area contributed by atoms with E-state index in [1.807, 2.05) is 0 Å². The maximum absolute atomic E-state index is 12.8. The predicted molar refractivity (Wildman–Crippen MR) is 100 cm³/mol. The van der Waals surface area contributed by atoms with Crippen LogP contribution >= 0.6 is 0 Å². The molecule has 2 N–H and O–H groups in total. The van der Waals surface area contributed by atoms with Crippen LogP contribution in [0.25, 0.3) is 0 Å². The summed E-state index contributed by atoms with van der Waals surface area (Å²) >= 11 is 0. The number of amides is 2. The number of likely N-dealkylation sites (tertiary alicyclic amines) is 2. The third-order valence-electron chi connectivity index (χ3n) is 5.94. The number of carbonyl (C=O) groups is 2. The van der Waals surface area contributed by atoms with Crippen molar-refractivity contribution in [1.82, 2.24) is 9.80 Å². The largest absolute Gasteiger partial charge is 0.399 e. The molecule has 3 rings (SSSR count). The smallest absolute Gasteiger partial charge is 0.391 e. The molecule has 0 aliphatic carbocycles. The number of nitrogens with zero attached hydrogens (tertiary/aromatic N) is 2. The van der Waals surface area contributed by atoms with Gasteiger partial charge in [0.2, 0.25) is 0 Å². The van der Waals surface area contributed by atoms with Gasteiger partial charge in [-0.3, -0.25) is 9.59 Å². The fraction of sp³-hybridized carbons (Fsp3) is 0.600. The summed E-state index contributed by atoms with van der Waals surface area (Å²) in [5.74, 6) is -3.96. The molecule has 2 saturated heterocycles. The lowest BCUT2D eigenvalue weighted by Crippen LogP contribution is -2.43. The van der Waals surface area contributed by atoms with Gasteiger partial charge in [0.25, 0.3) is 11.8 Å². The van der Waals surface area contributed by atoms with Crippen LogP contribution in [0.5, 0.6) is 0 Å². The number of hydrogen-bond donors (Lipinski definition) is 1. The van der Waals surface area contributed by atoms with E-state index < -0.39 is 36.0 Å². The summed E-state index contributed by atoms with van der Waals surface area (Å²) in [4.78, 5) is 28.1. The Hall–Kier alpha value is -2.46. The van der Waals surface area contributed by atoms with Crippen molar-refractivity contribution < 1.29 is 35.9 Å². The van der Waals surface area contributed by atoms with Gasteiger partial charge >= 0.3 is 12.4 Å². The third-order valence-corrected chi connectivity index (χ3v) is 5.94. The van der Waals surface area contributed by atoms with E-state index in [9.17, 15) is 35.9 Å². The van der Waals surface area contributed by atoms with Gasteiger partial charge in [-0.25, -0.2) is 0 Å². The quantitative estimate of drug-likeness (QED) is 0.544. The first kappa shape index (κ1) is 23.2. The van der Waals surface area contributed by atoms with E-state index in [2.05, 4.69) is 0 Å². The second-order valence-electron chi connectivity index (χ2n) is 8.06. The van der Waals surface area contributed by atoms with Crippen LogP contribution in [0.4, 0.5) is 32.0 Å². The van der Waals surface area contributed by atoms with Gasteiger partial charge in [-0.1, -0.05) is 0 Å². The molecule has 0 aromatic heterocycles. The zero-order chi connectivity index (χ0) is 23.0. The van der Waals surface area contributed by atoms with E-state index in [0.717, 1.165) is 0 Å².